The van der Waals surface area contributed by atoms with Crippen LogP contribution in [0.5, 0.6) is 0 Å². The van der Waals surface area contributed by atoms with E-state index in [-0.39, 0.29) is 12.5 Å². The van der Waals surface area contributed by atoms with E-state index in [2.05, 4.69) is 20.6 Å². The number of amides is 1. The Balaban J connectivity index is 1.93. The molecule has 2 aromatic heterocycles. The maximum Gasteiger partial charge on any atom is 0.246 e. The topological polar surface area (TPSA) is 102 Å². The van der Waals surface area contributed by atoms with Crippen molar-refractivity contribution in [3.8, 4) is 0 Å². The number of hydrogen-bond acceptors (Lipinski definition) is 4. The number of H-pyrrole nitrogens is 1. The van der Waals surface area contributed by atoms with Crippen molar-refractivity contribution in [3.05, 3.63) is 24.7 Å². The van der Waals surface area contributed by atoms with E-state index >= 15 is 0 Å². The van der Waals surface area contributed by atoms with Crippen LogP contribution in [-0.4, -0.2) is 25.9 Å². The van der Waals surface area contributed by atoms with E-state index in [0.29, 0.717) is 11.5 Å². The summed E-state index contributed by atoms with van der Waals surface area (Å²) in [5, 5.41) is 12.8. The minimum atomic E-state index is -0.181. The minimum absolute atomic E-state index is 0.127. The number of carbonyl (C=O) groups excluding carboxylic acids is 1. The van der Waals surface area contributed by atoms with Gasteiger partial charge in [0.1, 0.15) is 12.4 Å². The number of aromatic amines is 1. The molecule has 1 amide bonds. The van der Waals surface area contributed by atoms with Gasteiger partial charge in [-0.1, -0.05) is 0 Å². The lowest BCUT2D eigenvalue weighted by molar-refractivity contribution is -0.116. The second-order valence-corrected chi connectivity index (χ2v) is 2.97. The summed E-state index contributed by atoms with van der Waals surface area (Å²) < 4.78 is 1.46. The first-order valence-electron chi connectivity index (χ1n) is 4.31. The highest BCUT2D eigenvalue weighted by Crippen LogP contribution is 2.01. The molecule has 15 heavy (non-hydrogen) atoms. The number of carbonyl (C=O) groups is 1. The van der Waals surface area contributed by atoms with Gasteiger partial charge in [0.2, 0.25) is 5.91 Å². The number of rotatable bonds is 3. The Morgan fingerprint density at radius 3 is 3.13 bits per heavy atom. The molecule has 0 aromatic carbocycles. The summed E-state index contributed by atoms with van der Waals surface area (Å²) in [6.07, 6.45) is 4.76. The van der Waals surface area contributed by atoms with Gasteiger partial charge in [-0.25, -0.2) is 0 Å². The molecule has 0 bridgehead atoms. The van der Waals surface area contributed by atoms with Gasteiger partial charge in [-0.15, -0.1) is 0 Å². The molecule has 0 saturated carbocycles. The quantitative estimate of drug-likeness (QED) is 0.648. The third-order valence-corrected chi connectivity index (χ3v) is 1.75. The van der Waals surface area contributed by atoms with Crippen molar-refractivity contribution < 1.29 is 4.79 Å². The molecule has 78 valence electrons. The first-order valence-corrected chi connectivity index (χ1v) is 4.31. The van der Waals surface area contributed by atoms with Gasteiger partial charge < -0.3 is 11.1 Å². The molecule has 0 aliphatic rings. The fraction of sp³-hybridized carbons (Fsp3) is 0.125. The second-order valence-electron chi connectivity index (χ2n) is 2.97. The molecular weight excluding hydrogens is 196 g/mol. The highest BCUT2D eigenvalue weighted by Gasteiger charge is 2.04. The molecule has 0 fully saturated rings. The Labute approximate surface area is 85.3 Å². The number of nitrogen functional groups attached to an aromatic ring is 1. The first-order chi connectivity index (χ1) is 7.24. The fourth-order valence-corrected chi connectivity index (χ4v) is 1.13. The number of aromatic nitrogens is 4. The van der Waals surface area contributed by atoms with Gasteiger partial charge in [-0.05, 0) is 6.07 Å². The number of nitrogens with one attached hydrogen (secondary N) is 2. The zero-order chi connectivity index (χ0) is 10.7. The Bertz CT molecular complexity index is 445. The predicted octanol–water partition coefficient (Wildman–Crippen LogP) is -0.173. The SMILES string of the molecule is Nc1ccn(CC(=O)Nc2cn[nH]c2)n1. The van der Waals surface area contributed by atoms with E-state index in [9.17, 15) is 4.79 Å². The molecule has 2 rings (SSSR count). The van der Waals surface area contributed by atoms with Gasteiger partial charge in [-0.2, -0.15) is 10.2 Å². The van der Waals surface area contributed by atoms with Crippen molar-refractivity contribution in [1.29, 1.82) is 0 Å². The average Bonchev–Trinajstić information content (AvgIpc) is 2.77. The smallest absolute Gasteiger partial charge is 0.246 e. The van der Waals surface area contributed by atoms with Crippen LogP contribution >= 0.6 is 0 Å². The van der Waals surface area contributed by atoms with Crippen molar-refractivity contribution >= 4 is 17.4 Å². The first kappa shape index (κ1) is 9.25. The second kappa shape index (κ2) is 3.82. The van der Waals surface area contributed by atoms with Gasteiger partial charge in [0.05, 0.1) is 11.9 Å². The molecule has 7 nitrogen and oxygen atoms in total. The molecule has 0 aliphatic heterocycles. The molecule has 2 heterocycles. The van der Waals surface area contributed by atoms with E-state index in [4.69, 9.17) is 5.73 Å². The van der Waals surface area contributed by atoms with Crippen LogP contribution in [0.25, 0.3) is 0 Å². The van der Waals surface area contributed by atoms with Crippen LogP contribution in [0.15, 0.2) is 24.7 Å². The lowest BCUT2D eigenvalue weighted by Gasteiger charge is -2.01. The van der Waals surface area contributed by atoms with E-state index in [1.807, 2.05) is 0 Å². The van der Waals surface area contributed by atoms with Gasteiger partial charge in [0.25, 0.3) is 0 Å². The molecule has 2 aromatic rings. The van der Waals surface area contributed by atoms with Gasteiger partial charge in [0.15, 0.2) is 0 Å². The monoisotopic (exact) mass is 206 g/mol. The Kier molecular flexibility index (Phi) is 2.36. The van der Waals surface area contributed by atoms with Crippen LogP contribution in [0.4, 0.5) is 11.5 Å². The number of nitrogens with zero attached hydrogens (tertiary/aromatic N) is 3. The Morgan fingerprint density at radius 2 is 2.53 bits per heavy atom. The normalized spacial score (nSPS) is 10.1. The predicted molar refractivity (Wildman–Crippen MR) is 53.9 cm³/mol. The average molecular weight is 206 g/mol. The zero-order valence-corrected chi connectivity index (χ0v) is 7.84. The molecule has 0 radical (unpaired) electrons. The lowest BCUT2D eigenvalue weighted by Crippen LogP contribution is -2.18. The van der Waals surface area contributed by atoms with E-state index in [1.54, 1.807) is 18.5 Å². The van der Waals surface area contributed by atoms with Gasteiger partial charge in [0, 0.05) is 12.4 Å². The number of anilines is 2. The van der Waals surface area contributed by atoms with Crippen LogP contribution < -0.4 is 11.1 Å². The van der Waals surface area contributed by atoms with E-state index in [0.717, 1.165) is 0 Å². The van der Waals surface area contributed by atoms with E-state index < -0.39 is 0 Å². The largest absolute Gasteiger partial charge is 0.382 e. The highest BCUT2D eigenvalue weighted by molar-refractivity contribution is 5.90. The summed E-state index contributed by atoms with van der Waals surface area (Å²) in [6.45, 7) is 0.127. The number of hydrogen-bond donors (Lipinski definition) is 3. The standard InChI is InChI=1S/C8H10N6O/c9-7-1-2-14(13-7)5-8(15)12-6-3-10-11-4-6/h1-4H,5H2,(H2,9,13)(H,10,11)(H,12,15). The summed E-state index contributed by atoms with van der Waals surface area (Å²) in [6, 6.07) is 1.63. The van der Waals surface area contributed by atoms with Crippen LogP contribution in [0.2, 0.25) is 0 Å². The van der Waals surface area contributed by atoms with Crippen molar-refractivity contribution in [1.82, 2.24) is 20.0 Å². The molecule has 0 spiro atoms. The maximum atomic E-state index is 11.4. The molecule has 4 N–H and O–H groups in total. The zero-order valence-electron chi connectivity index (χ0n) is 7.84. The summed E-state index contributed by atoms with van der Waals surface area (Å²) in [4.78, 5) is 11.4. The van der Waals surface area contributed by atoms with Crippen LogP contribution in [-0.2, 0) is 11.3 Å². The molecule has 7 heteroatoms. The molecule has 0 saturated heterocycles. The molecule has 0 unspecified atom stereocenters. The highest BCUT2D eigenvalue weighted by atomic mass is 16.2. The maximum absolute atomic E-state index is 11.4. The summed E-state index contributed by atoms with van der Waals surface area (Å²) in [5.74, 6) is 0.214. The van der Waals surface area contributed by atoms with Crippen molar-refractivity contribution in [2.75, 3.05) is 11.1 Å². The molecular formula is C8H10N6O. The van der Waals surface area contributed by atoms with Crippen LogP contribution in [0.1, 0.15) is 0 Å². The number of nitrogens with two attached hydrogens (primary N) is 1. The van der Waals surface area contributed by atoms with Crippen molar-refractivity contribution in [3.63, 3.8) is 0 Å². The van der Waals surface area contributed by atoms with E-state index in [1.165, 1.54) is 10.9 Å². The minimum Gasteiger partial charge on any atom is -0.382 e. The van der Waals surface area contributed by atoms with Gasteiger partial charge in [-0.3, -0.25) is 14.6 Å². The molecule has 0 atom stereocenters. The van der Waals surface area contributed by atoms with Gasteiger partial charge >= 0.3 is 0 Å². The van der Waals surface area contributed by atoms with Crippen LogP contribution in [0.3, 0.4) is 0 Å². The fourth-order valence-electron chi connectivity index (χ4n) is 1.13. The lowest BCUT2D eigenvalue weighted by atomic mass is 10.5. The Hall–Kier alpha value is -2.31. The third-order valence-electron chi connectivity index (χ3n) is 1.75. The van der Waals surface area contributed by atoms with Crippen molar-refractivity contribution in [2.24, 2.45) is 0 Å². The summed E-state index contributed by atoms with van der Waals surface area (Å²) in [7, 11) is 0. The van der Waals surface area contributed by atoms with Crippen LogP contribution in [0, 0.1) is 0 Å². The summed E-state index contributed by atoms with van der Waals surface area (Å²) in [5.41, 5.74) is 6.04. The molecule has 0 aliphatic carbocycles. The summed E-state index contributed by atoms with van der Waals surface area (Å²) >= 11 is 0. The Morgan fingerprint density at radius 1 is 1.67 bits per heavy atom. The van der Waals surface area contributed by atoms with Crippen molar-refractivity contribution in [2.45, 2.75) is 6.54 Å². The third kappa shape index (κ3) is 2.33.